The van der Waals surface area contributed by atoms with E-state index < -0.39 is 13.1 Å². The number of carbonyl (C=O) groups excluding carboxylic acids is 1. The Bertz CT molecular complexity index is 689. The lowest BCUT2D eigenvalue weighted by atomic mass is 9.79. The molecule has 0 bridgehead atoms. The number of esters is 1. The van der Waals surface area contributed by atoms with Crippen LogP contribution in [0.25, 0.3) is 11.3 Å². The van der Waals surface area contributed by atoms with E-state index in [-0.39, 0.29) is 23.5 Å². The zero-order chi connectivity index (χ0) is 17.5. The molecule has 3 N–H and O–H groups in total. The van der Waals surface area contributed by atoms with Gasteiger partial charge < -0.3 is 19.5 Å². The van der Waals surface area contributed by atoms with Gasteiger partial charge in [0, 0.05) is 5.56 Å². The molecule has 1 heterocycles. The molecular weight excluding hydrogens is 313 g/mol. The zero-order valence-electron chi connectivity index (χ0n) is 13.7. The lowest BCUT2D eigenvalue weighted by molar-refractivity contribution is 0.0520. The van der Waals surface area contributed by atoms with Crippen molar-refractivity contribution >= 4 is 18.6 Å². The average Bonchev–Trinajstić information content (AvgIpc) is 3.05. The minimum atomic E-state index is -1.65. The summed E-state index contributed by atoms with van der Waals surface area (Å²) in [6.45, 7) is 4.45. The van der Waals surface area contributed by atoms with Gasteiger partial charge in [-0.25, -0.2) is 4.79 Å². The molecule has 0 saturated carbocycles. The van der Waals surface area contributed by atoms with Crippen molar-refractivity contribution in [3.63, 3.8) is 0 Å². The van der Waals surface area contributed by atoms with Gasteiger partial charge in [-0.15, -0.1) is 5.10 Å². The Kier molecular flexibility index (Phi) is 6.33. The normalized spacial score (nSPS) is 10.5. The van der Waals surface area contributed by atoms with E-state index in [1.165, 1.54) is 6.07 Å². The highest BCUT2D eigenvalue weighted by Crippen LogP contribution is 2.30. The molecule has 0 spiro atoms. The van der Waals surface area contributed by atoms with Crippen molar-refractivity contribution < 1.29 is 24.3 Å². The minimum absolute atomic E-state index is 0.0155. The van der Waals surface area contributed by atoms with E-state index in [0.717, 1.165) is 12.8 Å². The number of aromatic nitrogens is 3. The Labute approximate surface area is 139 Å². The first kappa shape index (κ1) is 18.0. The van der Waals surface area contributed by atoms with Gasteiger partial charge in [0.05, 0.1) is 13.2 Å². The number of hydrogen-bond acceptors (Lipinski definition) is 7. The number of nitrogens with one attached hydrogen (secondary N) is 1. The minimum Gasteiger partial charge on any atom is -0.493 e. The van der Waals surface area contributed by atoms with Crippen LogP contribution in [0.15, 0.2) is 18.2 Å². The summed E-state index contributed by atoms with van der Waals surface area (Å²) in [6.07, 6.45) is 1.84. The standard InChI is InChI=1S/C15H20BN3O5/c1-3-5-8-24-12-7-6-10(16(21)22)9-11(12)13-14(18-19-17-13)15(20)23-4-2/h6-7,9,21-22H,3-5,8H2,1-2H3,(H,17,18,19). The molecule has 128 valence electrons. The van der Waals surface area contributed by atoms with Gasteiger partial charge >= 0.3 is 13.1 Å². The Morgan fingerprint density at radius 2 is 2.08 bits per heavy atom. The number of benzene rings is 1. The summed E-state index contributed by atoms with van der Waals surface area (Å²) >= 11 is 0. The van der Waals surface area contributed by atoms with Crippen LogP contribution in [-0.2, 0) is 4.74 Å². The Morgan fingerprint density at radius 3 is 2.75 bits per heavy atom. The molecule has 0 aliphatic rings. The second kappa shape index (κ2) is 8.46. The number of unbranched alkanes of at least 4 members (excludes halogenated alkanes) is 1. The van der Waals surface area contributed by atoms with Gasteiger partial charge in [0.15, 0.2) is 5.69 Å². The molecule has 1 aromatic heterocycles. The van der Waals surface area contributed by atoms with Gasteiger partial charge in [-0.3, -0.25) is 0 Å². The summed E-state index contributed by atoms with van der Waals surface area (Å²) in [5, 5.41) is 29.0. The SMILES string of the molecule is CCCCOc1ccc(B(O)O)cc1-c1n[nH]nc1C(=O)OCC. The Morgan fingerprint density at radius 1 is 1.29 bits per heavy atom. The summed E-state index contributed by atoms with van der Waals surface area (Å²) < 4.78 is 10.7. The number of carbonyl (C=O) groups is 1. The molecule has 0 saturated heterocycles. The fourth-order valence-electron chi connectivity index (χ4n) is 2.11. The largest absolute Gasteiger partial charge is 0.493 e. The molecule has 0 radical (unpaired) electrons. The van der Waals surface area contributed by atoms with Crippen LogP contribution in [0.4, 0.5) is 0 Å². The number of hydrogen-bond donors (Lipinski definition) is 3. The van der Waals surface area contributed by atoms with Gasteiger partial charge in [0.2, 0.25) is 0 Å². The van der Waals surface area contributed by atoms with Crippen molar-refractivity contribution in [2.45, 2.75) is 26.7 Å². The van der Waals surface area contributed by atoms with Crippen LogP contribution in [0.3, 0.4) is 0 Å². The van der Waals surface area contributed by atoms with Crippen LogP contribution in [0.2, 0.25) is 0 Å². The van der Waals surface area contributed by atoms with Crippen molar-refractivity contribution in [1.82, 2.24) is 15.4 Å². The van der Waals surface area contributed by atoms with Crippen molar-refractivity contribution in [2.75, 3.05) is 13.2 Å². The lowest BCUT2D eigenvalue weighted by Crippen LogP contribution is -2.29. The predicted octanol–water partition coefficient (Wildman–Crippen LogP) is 0.507. The van der Waals surface area contributed by atoms with Crippen LogP contribution in [-0.4, -0.2) is 51.8 Å². The number of nitrogens with zero attached hydrogens (tertiary/aromatic N) is 2. The molecule has 0 aliphatic heterocycles. The third-order valence-electron chi connectivity index (χ3n) is 3.33. The van der Waals surface area contributed by atoms with E-state index in [4.69, 9.17) is 9.47 Å². The van der Waals surface area contributed by atoms with Crippen LogP contribution >= 0.6 is 0 Å². The van der Waals surface area contributed by atoms with Crippen LogP contribution in [0.1, 0.15) is 37.2 Å². The second-order valence-corrected chi connectivity index (χ2v) is 5.07. The van der Waals surface area contributed by atoms with E-state index in [1.807, 2.05) is 6.92 Å². The highest BCUT2D eigenvalue weighted by molar-refractivity contribution is 6.58. The molecule has 0 atom stereocenters. The molecule has 1 aromatic carbocycles. The maximum Gasteiger partial charge on any atom is 0.488 e. The summed E-state index contributed by atoms with van der Waals surface area (Å²) in [5.41, 5.74) is 0.948. The fourth-order valence-corrected chi connectivity index (χ4v) is 2.11. The first-order valence-electron chi connectivity index (χ1n) is 7.79. The molecular formula is C15H20BN3O5. The highest BCUT2D eigenvalue weighted by Gasteiger charge is 2.23. The number of ether oxygens (including phenoxy) is 2. The molecule has 8 nitrogen and oxygen atoms in total. The highest BCUT2D eigenvalue weighted by atomic mass is 16.5. The third kappa shape index (κ3) is 4.12. The quantitative estimate of drug-likeness (QED) is 0.366. The number of aromatic amines is 1. The smallest absolute Gasteiger partial charge is 0.488 e. The van der Waals surface area contributed by atoms with Gasteiger partial charge in [0.25, 0.3) is 0 Å². The first-order valence-corrected chi connectivity index (χ1v) is 7.79. The van der Waals surface area contributed by atoms with E-state index in [0.29, 0.717) is 17.9 Å². The Hall–Kier alpha value is -2.39. The van der Waals surface area contributed by atoms with Gasteiger partial charge in [-0.05, 0) is 30.9 Å². The van der Waals surface area contributed by atoms with Crippen molar-refractivity contribution in [3.05, 3.63) is 23.9 Å². The first-order chi connectivity index (χ1) is 11.6. The second-order valence-electron chi connectivity index (χ2n) is 5.07. The van der Waals surface area contributed by atoms with Gasteiger partial charge in [0.1, 0.15) is 11.4 Å². The molecule has 0 amide bonds. The third-order valence-corrected chi connectivity index (χ3v) is 3.33. The van der Waals surface area contributed by atoms with Gasteiger partial charge in [-0.1, -0.05) is 19.4 Å². The Balaban J connectivity index is 2.44. The van der Waals surface area contributed by atoms with Crippen molar-refractivity contribution in [3.8, 4) is 17.0 Å². The van der Waals surface area contributed by atoms with E-state index >= 15 is 0 Å². The summed E-state index contributed by atoms with van der Waals surface area (Å²) in [5.74, 6) is -0.136. The van der Waals surface area contributed by atoms with Gasteiger partial charge in [-0.2, -0.15) is 10.3 Å². The topological polar surface area (TPSA) is 118 Å². The molecule has 0 aliphatic carbocycles. The van der Waals surface area contributed by atoms with Crippen molar-refractivity contribution in [2.24, 2.45) is 0 Å². The summed E-state index contributed by atoms with van der Waals surface area (Å²) in [4.78, 5) is 12.0. The van der Waals surface area contributed by atoms with Crippen molar-refractivity contribution in [1.29, 1.82) is 0 Å². The monoisotopic (exact) mass is 333 g/mol. The predicted molar refractivity (Wildman–Crippen MR) is 88.0 cm³/mol. The maximum absolute atomic E-state index is 12.0. The zero-order valence-corrected chi connectivity index (χ0v) is 13.7. The van der Waals surface area contributed by atoms with E-state index in [1.54, 1.807) is 19.1 Å². The van der Waals surface area contributed by atoms with Crippen LogP contribution in [0, 0.1) is 0 Å². The van der Waals surface area contributed by atoms with Crippen LogP contribution < -0.4 is 10.2 Å². The molecule has 2 rings (SSSR count). The fraction of sp³-hybridized carbons (Fsp3) is 0.400. The molecule has 2 aromatic rings. The summed E-state index contributed by atoms with van der Waals surface area (Å²) in [6, 6.07) is 4.66. The lowest BCUT2D eigenvalue weighted by Gasteiger charge is -2.12. The molecule has 24 heavy (non-hydrogen) atoms. The molecule has 0 fully saturated rings. The number of rotatable bonds is 8. The number of H-pyrrole nitrogens is 1. The van der Waals surface area contributed by atoms with Crippen LogP contribution in [0.5, 0.6) is 5.75 Å². The molecule has 0 unspecified atom stereocenters. The van der Waals surface area contributed by atoms with E-state index in [9.17, 15) is 14.8 Å². The molecule has 9 heteroatoms. The summed E-state index contributed by atoms with van der Waals surface area (Å²) in [7, 11) is -1.65. The average molecular weight is 333 g/mol. The van der Waals surface area contributed by atoms with E-state index in [2.05, 4.69) is 15.4 Å². The maximum atomic E-state index is 12.0.